The Morgan fingerprint density at radius 2 is 1.45 bits per heavy atom. The van der Waals surface area contributed by atoms with Gasteiger partial charge in [-0.3, -0.25) is 10.1 Å². The van der Waals surface area contributed by atoms with Gasteiger partial charge in [-0.25, -0.2) is 0 Å². The highest BCUT2D eigenvalue weighted by Gasteiger charge is 2.12. The van der Waals surface area contributed by atoms with Crippen molar-refractivity contribution >= 4 is 11.4 Å². The smallest absolute Gasteiger partial charge is 0.269 e. The fourth-order valence-corrected chi connectivity index (χ4v) is 1.93. The van der Waals surface area contributed by atoms with E-state index in [9.17, 15) is 15.2 Å². The van der Waals surface area contributed by atoms with Gasteiger partial charge in [-0.05, 0) is 35.4 Å². The van der Waals surface area contributed by atoms with Crippen molar-refractivity contribution in [3.05, 3.63) is 69.8 Å². The van der Waals surface area contributed by atoms with Crippen LogP contribution in [0.4, 0.5) is 11.4 Å². The van der Waals surface area contributed by atoms with Gasteiger partial charge in [0.25, 0.3) is 5.69 Å². The van der Waals surface area contributed by atoms with Crippen LogP contribution in [0.5, 0.6) is 0 Å². The first-order valence-electron chi connectivity index (χ1n) is 6.19. The molecule has 20 heavy (non-hydrogen) atoms. The quantitative estimate of drug-likeness (QED) is 0.686. The predicted molar refractivity (Wildman–Crippen MR) is 77.9 cm³/mol. The minimum absolute atomic E-state index is 0.0175. The van der Waals surface area contributed by atoms with Crippen LogP contribution >= 0.6 is 0 Å². The fraction of sp³-hybridized carbons (Fsp3) is 0.200. The molecule has 0 radical (unpaired) electrons. The molecule has 0 aliphatic heterocycles. The van der Waals surface area contributed by atoms with Crippen molar-refractivity contribution in [2.75, 3.05) is 19.0 Å². The summed E-state index contributed by atoms with van der Waals surface area (Å²) < 4.78 is 0. The Bertz CT molecular complexity index is 592. The third-order valence-electron chi connectivity index (χ3n) is 3.14. The summed E-state index contributed by atoms with van der Waals surface area (Å²) >= 11 is 0. The van der Waals surface area contributed by atoms with Crippen LogP contribution in [0.15, 0.2) is 48.5 Å². The van der Waals surface area contributed by atoms with E-state index in [0.29, 0.717) is 5.56 Å². The lowest BCUT2D eigenvalue weighted by molar-refractivity contribution is -0.384. The molecule has 0 fully saturated rings. The predicted octanol–water partition coefficient (Wildman–Crippen LogP) is 2.74. The van der Waals surface area contributed by atoms with Gasteiger partial charge < -0.3 is 10.0 Å². The molecular weight excluding hydrogens is 256 g/mol. The molecular formula is C15H16N2O3. The van der Waals surface area contributed by atoms with Crippen molar-refractivity contribution in [1.29, 1.82) is 0 Å². The Morgan fingerprint density at radius 3 is 1.85 bits per heavy atom. The van der Waals surface area contributed by atoms with E-state index in [1.165, 1.54) is 12.1 Å². The van der Waals surface area contributed by atoms with Crippen LogP contribution in [0.1, 0.15) is 17.2 Å². The van der Waals surface area contributed by atoms with Gasteiger partial charge in [0.1, 0.15) is 6.10 Å². The van der Waals surface area contributed by atoms with Crippen molar-refractivity contribution in [3.63, 3.8) is 0 Å². The molecule has 2 aromatic carbocycles. The van der Waals surface area contributed by atoms with E-state index in [1.54, 1.807) is 12.1 Å². The van der Waals surface area contributed by atoms with E-state index in [1.807, 2.05) is 43.3 Å². The molecule has 1 atom stereocenters. The highest BCUT2D eigenvalue weighted by Crippen LogP contribution is 2.25. The van der Waals surface area contributed by atoms with E-state index >= 15 is 0 Å². The molecule has 2 aromatic rings. The Balaban J connectivity index is 2.21. The molecule has 5 heteroatoms. The first-order chi connectivity index (χ1) is 9.49. The summed E-state index contributed by atoms with van der Waals surface area (Å²) in [6.45, 7) is 0. The molecule has 0 aliphatic carbocycles. The third-order valence-corrected chi connectivity index (χ3v) is 3.14. The zero-order chi connectivity index (χ0) is 14.7. The molecule has 0 saturated carbocycles. The van der Waals surface area contributed by atoms with Gasteiger partial charge in [0, 0.05) is 31.9 Å². The molecule has 0 spiro atoms. The van der Waals surface area contributed by atoms with Crippen molar-refractivity contribution in [2.45, 2.75) is 6.10 Å². The zero-order valence-electron chi connectivity index (χ0n) is 11.4. The van der Waals surface area contributed by atoms with Gasteiger partial charge in [0.05, 0.1) is 4.92 Å². The number of anilines is 1. The molecule has 0 aliphatic rings. The van der Waals surface area contributed by atoms with Crippen LogP contribution in [-0.2, 0) is 0 Å². The van der Waals surface area contributed by atoms with Crippen LogP contribution in [0.3, 0.4) is 0 Å². The summed E-state index contributed by atoms with van der Waals surface area (Å²) in [7, 11) is 3.89. The highest BCUT2D eigenvalue weighted by atomic mass is 16.6. The molecule has 1 N–H and O–H groups in total. The number of hydrogen-bond donors (Lipinski definition) is 1. The molecule has 0 bridgehead atoms. The van der Waals surface area contributed by atoms with E-state index in [-0.39, 0.29) is 5.69 Å². The summed E-state index contributed by atoms with van der Waals surface area (Å²) in [6, 6.07) is 13.5. The number of aliphatic hydroxyl groups is 1. The lowest BCUT2D eigenvalue weighted by Gasteiger charge is -2.15. The van der Waals surface area contributed by atoms with Crippen LogP contribution in [0.25, 0.3) is 0 Å². The Hall–Kier alpha value is -2.40. The average molecular weight is 272 g/mol. The average Bonchev–Trinajstić information content (AvgIpc) is 2.46. The van der Waals surface area contributed by atoms with Gasteiger partial charge in [-0.1, -0.05) is 12.1 Å². The molecule has 104 valence electrons. The number of aliphatic hydroxyl groups excluding tert-OH is 1. The highest BCUT2D eigenvalue weighted by molar-refractivity contribution is 5.47. The number of nitrogens with zero attached hydrogens (tertiary/aromatic N) is 2. The van der Waals surface area contributed by atoms with E-state index in [0.717, 1.165) is 11.3 Å². The van der Waals surface area contributed by atoms with Gasteiger partial charge in [0.15, 0.2) is 0 Å². The third kappa shape index (κ3) is 2.95. The van der Waals surface area contributed by atoms with Crippen molar-refractivity contribution < 1.29 is 10.0 Å². The normalized spacial score (nSPS) is 11.9. The van der Waals surface area contributed by atoms with Gasteiger partial charge in [-0.2, -0.15) is 0 Å². The SMILES string of the molecule is CN(C)c1ccc(C(O)c2ccc([N+](=O)[O-])cc2)cc1. The largest absolute Gasteiger partial charge is 0.384 e. The summed E-state index contributed by atoms with van der Waals surface area (Å²) in [5.74, 6) is 0. The monoisotopic (exact) mass is 272 g/mol. The van der Waals surface area contributed by atoms with E-state index in [2.05, 4.69) is 0 Å². The van der Waals surface area contributed by atoms with Crippen LogP contribution in [0, 0.1) is 10.1 Å². The summed E-state index contributed by atoms with van der Waals surface area (Å²) in [6.07, 6.45) is -0.785. The molecule has 1 unspecified atom stereocenters. The van der Waals surface area contributed by atoms with Gasteiger partial charge in [0.2, 0.25) is 0 Å². The van der Waals surface area contributed by atoms with Gasteiger partial charge >= 0.3 is 0 Å². The number of benzene rings is 2. The van der Waals surface area contributed by atoms with Crippen LogP contribution < -0.4 is 4.90 Å². The molecule has 0 aromatic heterocycles. The number of nitro groups is 1. The summed E-state index contributed by atoms with van der Waals surface area (Å²) in [5, 5.41) is 20.9. The second-order valence-corrected chi connectivity index (χ2v) is 4.74. The second-order valence-electron chi connectivity index (χ2n) is 4.74. The molecule has 5 nitrogen and oxygen atoms in total. The van der Waals surface area contributed by atoms with E-state index in [4.69, 9.17) is 0 Å². The summed E-state index contributed by atoms with van der Waals surface area (Å²) in [5.41, 5.74) is 2.45. The Morgan fingerprint density at radius 1 is 1.00 bits per heavy atom. The molecule has 0 saturated heterocycles. The first kappa shape index (κ1) is 14.0. The lowest BCUT2D eigenvalue weighted by atomic mass is 10.0. The number of hydrogen-bond acceptors (Lipinski definition) is 4. The molecule has 2 rings (SSSR count). The maximum atomic E-state index is 10.6. The standard InChI is InChI=1S/C15H16N2O3/c1-16(2)13-7-3-11(4-8-13)15(18)12-5-9-14(10-6-12)17(19)20/h3-10,15,18H,1-2H3. The van der Waals surface area contributed by atoms with Crippen LogP contribution in [0.2, 0.25) is 0 Å². The minimum Gasteiger partial charge on any atom is -0.384 e. The van der Waals surface area contributed by atoms with Crippen molar-refractivity contribution in [1.82, 2.24) is 0 Å². The maximum absolute atomic E-state index is 10.6. The Kier molecular flexibility index (Phi) is 4.00. The number of nitro benzene ring substituents is 1. The Labute approximate surface area is 117 Å². The van der Waals surface area contributed by atoms with Crippen molar-refractivity contribution in [3.8, 4) is 0 Å². The molecule has 0 amide bonds. The topological polar surface area (TPSA) is 66.6 Å². The second kappa shape index (κ2) is 5.71. The first-order valence-corrected chi connectivity index (χ1v) is 6.19. The molecule has 0 heterocycles. The minimum atomic E-state index is -0.785. The number of rotatable bonds is 4. The summed E-state index contributed by atoms with van der Waals surface area (Å²) in [4.78, 5) is 12.1. The van der Waals surface area contributed by atoms with Crippen molar-refractivity contribution in [2.24, 2.45) is 0 Å². The van der Waals surface area contributed by atoms with Crippen LogP contribution in [-0.4, -0.2) is 24.1 Å². The number of non-ortho nitro benzene ring substituents is 1. The zero-order valence-corrected chi connectivity index (χ0v) is 11.4. The fourth-order valence-electron chi connectivity index (χ4n) is 1.93. The maximum Gasteiger partial charge on any atom is 0.269 e. The van der Waals surface area contributed by atoms with Gasteiger partial charge in [-0.15, -0.1) is 0 Å². The van der Waals surface area contributed by atoms with E-state index < -0.39 is 11.0 Å². The lowest BCUT2D eigenvalue weighted by Crippen LogP contribution is -2.08.